The highest BCUT2D eigenvalue weighted by atomic mass is 79.9. The van der Waals surface area contributed by atoms with E-state index in [9.17, 15) is 13.6 Å². The number of hydrogen-bond donors (Lipinski definition) is 0. The molecule has 2 nitrogen and oxygen atoms in total. The highest BCUT2D eigenvalue weighted by Gasteiger charge is 2.28. The molecular formula is C16H12BrF2NO. The van der Waals surface area contributed by atoms with Crippen molar-refractivity contribution in [2.75, 3.05) is 11.4 Å². The lowest BCUT2D eigenvalue weighted by molar-refractivity contribution is 0.0980. The number of anilines is 1. The van der Waals surface area contributed by atoms with Crippen molar-refractivity contribution in [3.8, 4) is 0 Å². The third kappa shape index (κ3) is 2.58. The fourth-order valence-corrected chi connectivity index (χ4v) is 2.97. The van der Waals surface area contributed by atoms with Gasteiger partial charge in [-0.2, -0.15) is 0 Å². The van der Waals surface area contributed by atoms with Crippen molar-refractivity contribution in [3.05, 3.63) is 63.6 Å². The highest BCUT2D eigenvalue weighted by molar-refractivity contribution is 9.10. The molecular weight excluding hydrogens is 340 g/mol. The first-order chi connectivity index (χ1) is 10.1. The first kappa shape index (κ1) is 14.2. The molecule has 5 heteroatoms. The molecule has 1 aliphatic rings. The summed E-state index contributed by atoms with van der Waals surface area (Å²) >= 11 is 3.22. The van der Waals surface area contributed by atoms with E-state index >= 15 is 0 Å². The Balaban J connectivity index is 2.06. The molecule has 0 N–H and O–H groups in total. The molecule has 3 rings (SSSR count). The van der Waals surface area contributed by atoms with Gasteiger partial charge in [-0.15, -0.1) is 0 Å². The molecule has 1 aliphatic heterocycles. The predicted molar refractivity (Wildman–Crippen MR) is 80.5 cm³/mol. The average Bonchev–Trinajstić information content (AvgIpc) is 2.49. The molecule has 0 bridgehead atoms. The van der Waals surface area contributed by atoms with Gasteiger partial charge in [-0.25, -0.2) is 8.78 Å². The quantitative estimate of drug-likeness (QED) is 0.749. The third-order valence-corrected chi connectivity index (χ3v) is 4.07. The summed E-state index contributed by atoms with van der Waals surface area (Å²) in [7, 11) is 0. The second-order valence-electron chi connectivity index (χ2n) is 4.93. The minimum Gasteiger partial charge on any atom is -0.305 e. The van der Waals surface area contributed by atoms with Gasteiger partial charge in [0.2, 0.25) is 0 Å². The van der Waals surface area contributed by atoms with Crippen molar-refractivity contribution in [2.45, 2.75) is 12.8 Å². The Morgan fingerprint density at radius 2 is 1.95 bits per heavy atom. The highest BCUT2D eigenvalue weighted by Crippen LogP contribution is 2.31. The molecule has 2 aromatic rings. The molecule has 0 aromatic heterocycles. The Labute approximate surface area is 129 Å². The average molecular weight is 352 g/mol. The van der Waals surface area contributed by atoms with Crippen LogP contribution in [0.4, 0.5) is 14.5 Å². The number of halogens is 3. The van der Waals surface area contributed by atoms with E-state index in [4.69, 9.17) is 0 Å². The first-order valence-corrected chi connectivity index (χ1v) is 7.41. The maximum atomic E-state index is 14.1. The lowest BCUT2D eigenvalue weighted by Gasteiger charge is -2.30. The zero-order chi connectivity index (χ0) is 15.0. The second-order valence-corrected chi connectivity index (χ2v) is 5.85. The molecule has 0 fully saturated rings. The van der Waals surface area contributed by atoms with Gasteiger partial charge in [0.05, 0.1) is 11.3 Å². The third-order valence-electron chi connectivity index (χ3n) is 3.57. The van der Waals surface area contributed by atoms with Gasteiger partial charge < -0.3 is 4.90 Å². The van der Waals surface area contributed by atoms with Crippen LogP contribution in [0.25, 0.3) is 0 Å². The van der Waals surface area contributed by atoms with Crippen molar-refractivity contribution < 1.29 is 13.6 Å². The van der Waals surface area contributed by atoms with E-state index < -0.39 is 17.5 Å². The van der Waals surface area contributed by atoms with E-state index in [0.29, 0.717) is 11.0 Å². The van der Waals surface area contributed by atoms with Gasteiger partial charge in [-0.3, -0.25) is 4.79 Å². The van der Waals surface area contributed by atoms with Crippen molar-refractivity contribution in [2.24, 2.45) is 0 Å². The summed E-state index contributed by atoms with van der Waals surface area (Å²) in [6.45, 7) is 0.388. The van der Waals surface area contributed by atoms with Gasteiger partial charge in [-0.1, -0.05) is 28.1 Å². The Kier molecular flexibility index (Phi) is 3.76. The van der Waals surface area contributed by atoms with Crippen LogP contribution >= 0.6 is 15.9 Å². The number of carbonyl (C=O) groups is 1. The SMILES string of the molecule is O=C(c1cc(Br)ccc1F)N1CCCc2cccc(F)c21. The van der Waals surface area contributed by atoms with E-state index in [1.807, 2.05) is 0 Å². The molecule has 1 amide bonds. The van der Waals surface area contributed by atoms with Crippen molar-refractivity contribution in [1.29, 1.82) is 0 Å². The number of carbonyl (C=O) groups excluding carboxylic acids is 1. The van der Waals surface area contributed by atoms with Crippen LogP contribution in [0, 0.1) is 11.6 Å². The molecule has 0 radical (unpaired) electrons. The maximum absolute atomic E-state index is 14.1. The van der Waals surface area contributed by atoms with Gasteiger partial charge in [0, 0.05) is 11.0 Å². The first-order valence-electron chi connectivity index (χ1n) is 6.62. The molecule has 0 aliphatic carbocycles. The summed E-state index contributed by atoms with van der Waals surface area (Å²) in [5.41, 5.74) is 0.999. The molecule has 108 valence electrons. The fraction of sp³-hybridized carbons (Fsp3) is 0.188. The number of amides is 1. The van der Waals surface area contributed by atoms with Crippen LogP contribution in [0.1, 0.15) is 22.3 Å². The van der Waals surface area contributed by atoms with Crippen LogP contribution in [0.5, 0.6) is 0 Å². The van der Waals surface area contributed by atoms with Gasteiger partial charge in [0.25, 0.3) is 5.91 Å². The summed E-state index contributed by atoms with van der Waals surface area (Å²) in [5, 5.41) is 0. The summed E-state index contributed by atoms with van der Waals surface area (Å²) in [6.07, 6.45) is 1.45. The standard InChI is InChI=1S/C16H12BrF2NO/c17-11-6-7-13(18)12(9-11)16(21)20-8-2-4-10-3-1-5-14(19)15(10)20/h1,3,5-7,9H,2,4,8H2. The Bertz CT molecular complexity index is 717. The lowest BCUT2D eigenvalue weighted by Crippen LogP contribution is -2.36. The van der Waals surface area contributed by atoms with Gasteiger partial charge in [-0.05, 0) is 42.7 Å². The topological polar surface area (TPSA) is 20.3 Å². The van der Waals surface area contributed by atoms with Crippen molar-refractivity contribution >= 4 is 27.5 Å². The number of nitrogens with zero attached hydrogens (tertiary/aromatic N) is 1. The number of hydrogen-bond acceptors (Lipinski definition) is 1. The van der Waals surface area contributed by atoms with E-state index in [0.717, 1.165) is 18.4 Å². The lowest BCUT2D eigenvalue weighted by atomic mass is 10.0. The molecule has 0 spiro atoms. The van der Waals surface area contributed by atoms with Crippen LogP contribution in [0.15, 0.2) is 40.9 Å². The summed E-state index contributed by atoms with van der Waals surface area (Å²) < 4.78 is 28.6. The Morgan fingerprint density at radius 3 is 2.76 bits per heavy atom. The van der Waals surface area contributed by atoms with E-state index in [1.165, 1.54) is 29.2 Å². The Morgan fingerprint density at radius 1 is 1.14 bits per heavy atom. The zero-order valence-electron chi connectivity index (χ0n) is 11.1. The van der Waals surface area contributed by atoms with E-state index in [2.05, 4.69) is 15.9 Å². The number of aryl methyl sites for hydroxylation is 1. The molecule has 2 aromatic carbocycles. The molecule has 0 unspecified atom stereocenters. The zero-order valence-corrected chi connectivity index (χ0v) is 12.7. The Hall–Kier alpha value is -1.75. The van der Waals surface area contributed by atoms with Gasteiger partial charge in [0.15, 0.2) is 0 Å². The summed E-state index contributed by atoms with van der Waals surface area (Å²) in [5.74, 6) is -1.57. The van der Waals surface area contributed by atoms with E-state index in [1.54, 1.807) is 12.1 Å². The van der Waals surface area contributed by atoms with Crippen molar-refractivity contribution in [3.63, 3.8) is 0 Å². The maximum Gasteiger partial charge on any atom is 0.261 e. The number of fused-ring (bicyclic) bond motifs is 1. The summed E-state index contributed by atoms with van der Waals surface area (Å²) in [4.78, 5) is 13.9. The molecule has 0 atom stereocenters. The van der Waals surface area contributed by atoms with Gasteiger partial charge in [0.1, 0.15) is 11.6 Å². The van der Waals surface area contributed by atoms with E-state index in [-0.39, 0.29) is 11.3 Å². The van der Waals surface area contributed by atoms with Crippen LogP contribution in [0.2, 0.25) is 0 Å². The van der Waals surface area contributed by atoms with Gasteiger partial charge >= 0.3 is 0 Å². The van der Waals surface area contributed by atoms with Crippen LogP contribution < -0.4 is 4.90 Å². The number of benzene rings is 2. The monoisotopic (exact) mass is 351 g/mol. The largest absolute Gasteiger partial charge is 0.305 e. The van der Waals surface area contributed by atoms with Crippen LogP contribution in [0.3, 0.4) is 0 Å². The van der Waals surface area contributed by atoms with Crippen LogP contribution in [-0.4, -0.2) is 12.5 Å². The molecule has 0 saturated carbocycles. The molecule has 1 heterocycles. The van der Waals surface area contributed by atoms with Crippen LogP contribution in [-0.2, 0) is 6.42 Å². The predicted octanol–water partition coefficient (Wildman–Crippen LogP) is 4.32. The normalized spacial score (nSPS) is 14.0. The minimum absolute atomic E-state index is 0.0551. The minimum atomic E-state index is -0.605. The molecule has 0 saturated heterocycles. The number of rotatable bonds is 1. The summed E-state index contributed by atoms with van der Waals surface area (Å²) in [6, 6.07) is 8.92. The fourth-order valence-electron chi connectivity index (χ4n) is 2.61. The number of para-hydroxylation sites is 1. The van der Waals surface area contributed by atoms with Crippen molar-refractivity contribution in [1.82, 2.24) is 0 Å². The second kappa shape index (κ2) is 5.56. The smallest absolute Gasteiger partial charge is 0.261 e. The molecule has 21 heavy (non-hydrogen) atoms.